The number of nitrogens with two attached hydrogens (primary N) is 1. The average molecular weight is 263 g/mol. The number of aliphatic carboxylic acids is 1. The fraction of sp³-hybridized carbons (Fsp3) is 0.364. The predicted molar refractivity (Wildman–Crippen MR) is 57.1 cm³/mol. The summed E-state index contributed by atoms with van der Waals surface area (Å²) in [5.41, 5.74) is 4.64. The topological polar surface area (TPSA) is 72.5 Å². The van der Waals surface area contributed by atoms with Crippen LogP contribution in [-0.2, 0) is 17.5 Å². The van der Waals surface area contributed by atoms with E-state index in [1.807, 2.05) is 0 Å². The van der Waals surface area contributed by atoms with E-state index in [0.717, 1.165) is 12.1 Å². The molecule has 1 aromatic rings. The van der Waals surface area contributed by atoms with Crippen LogP contribution in [0, 0.1) is 0 Å². The van der Waals surface area contributed by atoms with E-state index >= 15 is 0 Å². The van der Waals surface area contributed by atoms with Crippen molar-refractivity contribution in [2.24, 2.45) is 5.73 Å². The van der Waals surface area contributed by atoms with Gasteiger partial charge in [0.2, 0.25) is 0 Å². The van der Waals surface area contributed by atoms with Crippen LogP contribution in [0.3, 0.4) is 0 Å². The molecule has 0 saturated heterocycles. The number of carbonyl (C=O) groups is 1. The molecule has 0 spiro atoms. The molecule has 0 atom stereocenters. The minimum absolute atomic E-state index is 0.0154. The number of hydrogen-bond donors (Lipinski definition) is 2. The van der Waals surface area contributed by atoms with Gasteiger partial charge in [-0.15, -0.1) is 0 Å². The van der Waals surface area contributed by atoms with Crippen LogP contribution in [0.1, 0.15) is 17.5 Å². The number of rotatable bonds is 5. The number of ether oxygens (including phenoxy) is 1. The second kappa shape index (κ2) is 5.72. The molecule has 3 N–H and O–H groups in total. The van der Waals surface area contributed by atoms with Gasteiger partial charge in [0.25, 0.3) is 0 Å². The highest BCUT2D eigenvalue weighted by Gasteiger charge is 2.34. The SMILES string of the molecule is NCc1ccc(OCCC(=O)O)c(C(F)(F)F)c1. The van der Waals surface area contributed by atoms with Crippen LogP contribution in [0.15, 0.2) is 18.2 Å². The monoisotopic (exact) mass is 263 g/mol. The van der Waals surface area contributed by atoms with Gasteiger partial charge < -0.3 is 15.6 Å². The van der Waals surface area contributed by atoms with Crippen molar-refractivity contribution in [1.82, 2.24) is 0 Å². The maximum Gasteiger partial charge on any atom is 0.419 e. The largest absolute Gasteiger partial charge is 0.492 e. The molecule has 4 nitrogen and oxygen atoms in total. The summed E-state index contributed by atoms with van der Waals surface area (Å²) in [7, 11) is 0. The first-order valence-corrected chi connectivity index (χ1v) is 5.09. The van der Waals surface area contributed by atoms with Gasteiger partial charge in [-0.3, -0.25) is 4.79 Å². The number of carboxylic acid groups (broad SMARTS) is 1. The van der Waals surface area contributed by atoms with Gasteiger partial charge in [-0.25, -0.2) is 0 Å². The number of hydrogen-bond acceptors (Lipinski definition) is 3. The van der Waals surface area contributed by atoms with E-state index in [-0.39, 0.29) is 25.3 Å². The summed E-state index contributed by atoms with van der Waals surface area (Å²) in [6, 6.07) is 3.45. The van der Waals surface area contributed by atoms with Gasteiger partial charge in [-0.05, 0) is 17.7 Å². The Morgan fingerprint density at radius 2 is 2.06 bits per heavy atom. The Balaban J connectivity index is 2.92. The maximum atomic E-state index is 12.7. The molecule has 1 rings (SSSR count). The highest BCUT2D eigenvalue weighted by Crippen LogP contribution is 2.36. The van der Waals surface area contributed by atoms with E-state index in [1.165, 1.54) is 6.07 Å². The van der Waals surface area contributed by atoms with Crippen molar-refractivity contribution in [1.29, 1.82) is 0 Å². The first-order valence-electron chi connectivity index (χ1n) is 5.09. The molecule has 0 aliphatic heterocycles. The summed E-state index contributed by atoms with van der Waals surface area (Å²) in [6.45, 7) is -0.334. The standard InChI is InChI=1S/C11H12F3NO3/c12-11(13,14)8-5-7(6-15)1-2-9(8)18-4-3-10(16)17/h1-2,5H,3-4,6,15H2,(H,16,17). The second-order valence-corrected chi connectivity index (χ2v) is 3.52. The molecule has 7 heteroatoms. The predicted octanol–water partition coefficient (Wildman–Crippen LogP) is 2.02. The molecule has 0 fully saturated rings. The first kappa shape index (κ1) is 14.3. The zero-order valence-corrected chi connectivity index (χ0v) is 9.33. The Morgan fingerprint density at radius 3 is 2.56 bits per heavy atom. The molecule has 100 valence electrons. The van der Waals surface area contributed by atoms with E-state index in [2.05, 4.69) is 0 Å². The Morgan fingerprint density at radius 1 is 1.39 bits per heavy atom. The van der Waals surface area contributed by atoms with Crippen LogP contribution in [0.25, 0.3) is 0 Å². The van der Waals surface area contributed by atoms with Crippen molar-refractivity contribution < 1.29 is 27.8 Å². The Kier molecular flexibility index (Phi) is 4.55. The summed E-state index contributed by atoms with van der Waals surface area (Å²) >= 11 is 0. The van der Waals surface area contributed by atoms with E-state index in [0.29, 0.717) is 5.56 Å². The Hall–Kier alpha value is -1.76. The molecule has 0 amide bonds. The Labute approximate surface area is 101 Å². The van der Waals surface area contributed by atoms with E-state index in [1.54, 1.807) is 0 Å². The molecule has 0 aromatic heterocycles. The van der Waals surface area contributed by atoms with Crippen molar-refractivity contribution >= 4 is 5.97 Å². The molecule has 0 aliphatic carbocycles. The molecule has 0 bridgehead atoms. The van der Waals surface area contributed by atoms with E-state index in [4.69, 9.17) is 15.6 Å². The lowest BCUT2D eigenvalue weighted by Gasteiger charge is -2.14. The van der Waals surface area contributed by atoms with Gasteiger partial charge in [0.1, 0.15) is 5.75 Å². The minimum Gasteiger partial charge on any atom is -0.492 e. The third-order valence-corrected chi connectivity index (χ3v) is 2.16. The van der Waals surface area contributed by atoms with Gasteiger partial charge in [-0.2, -0.15) is 13.2 Å². The van der Waals surface area contributed by atoms with Crippen molar-refractivity contribution in [3.63, 3.8) is 0 Å². The fourth-order valence-corrected chi connectivity index (χ4v) is 1.30. The molecule has 0 unspecified atom stereocenters. The van der Waals surface area contributed by atoms with Crippen molar-refractivity contribution in [3.05, 3.63) is 29.3 Å². The lowest BCUT2D eigenvalue weighted by Crippen LogP contribution is -2.12. The van der Waals surface area contributed by atoms with Crippen LogP contribution in [0.5, 0.6) is 5.75 Å². The highest BCUT2D eigenvalue weighted by atomic mass is 19.4. The molecule has 0 saturated carbocycles. The van der Waals surface area contributed by atoms with Crippen molar-refractivity contribution in [3.8, 4) is 5.75 Å². The van der Waals surface area contributed by atoms with Crippen LogP contribution in [-0.4, -0.2) is 17.7 Å². The third kappa shape index (κ3) is 3.92. The van der Waals surface area contributed by atoms with E-state index in [9.17, 15) is 18.0 Å². The summed E-state index contributed by atoms with van der Waals surface area (Å²) in [6.07, 6.45) is -4.93. The summed E-state index contributed by atoms with van der Waals surface area (Å²) in [5, 5.41) is 8.38. The summed E-state index contributed by atoms with van der Waals surface area (Å²) < 4.78 is 43.0. The van der Waals surface area contributed by atoms with Crippen LogP contribution in [0.2, 0.25) is 0 Å². The number of halogens is 3. The van der Waals surface area contributed by atoms with E-state index < -0.39 is 17.7 Å². The van der Waals surface area contributed by atoms with Crippen LogP contribution < -0.4 is 10.5 Å². The zero-order valence-electron chi connectivity index (χ0n) is 9.33. The van der Waals surface area contributed by atoms with Gasteiger partial charge in [-0.1, -0.05) is 6.07 Å². The number of carboxylic acids is 1. The highest BCUT2D eigenvalue weighted by molar-refractivity contribution is 5.66. The molecule has 1 aromatic carbocycles. The van der Waals surface area contributed by atoms with Crippen LogP contribution in [0.4, 0.5) is 13.2 Å². The lowest BCUT2D eigenvalue weighted by molar-refractivity contribution is -0.139. The fourth-order valence-electron chi connectivity index (χ4n) is 1.30. The molecule has 0 heterocycles. The van der Waals surface area contributed by atoms with Gasteiger partial charge >= 0.3 is 12.1 Å². The molecule has 18 heavy (non-hydrogen) atoms. The Bertz CT molecular complexity index is 432. The summed E-state index contributed by atoms with van der Waals surface area (Å²) in [5.74, 6) is -1.52. The lowest BCUT2D eigenvalue weighted by atomic mass is 10.1. The molecular weight excluding hydrogens is 251 g/mol. The molecular formula is C11H12F3NO3. The van der Waals surface area contributed by atoms with Crippen molar-refractivity contribution in [2.75, 3.05) is 6.61 Å². The smallest absolute Gasteiger partial charge is 0.419 e. The zero-order chi connectivity index (χ0) is 13.8. The van der Waals surface area contributed by atoms with Crippen LogP contribution >= 0.6 is 0 Å². The quantitative estimate of drug-likeness (QED) is 0.852. The van der Waals surface area contributed by atoms with Gasteiger partial charge in [0.15, 0.2) is 0 Å². The first-order chi connectivity index (χ1) is 8.34. The summed E-state index contributed by atoms with van der Waals surface area (Å²) in [4.78, 5) is 10.3. The third-order valence-electron chi connectivity index (χ3n) is 2.16. The van der Waals surface area contributed by atoms with Gasteiger partial charge in [0, 0.05) is 6.54 Å². The van der Waals surface area contributed by atoms with Gasteiger partial charge in [0.05, 0.1) is 18.6 Å². The molecule has 0 aliphatic rings. The number of alkyl halides is 3. The normalized spacial score (nSPS) is 11.3. The maximum absolute atomic E-state index is 12.7. The molecule has 0 radical (unpaired) electrons. The number of benzene rings is 1. The second-order valence-electron chi connectivity index (χ2n) is 3.52. The average Bonchev–Trinajstić information content (AvgIpc) is 2.27. The van der Waals surface area contributed by atoms with Crippen molar-refractivity contribution in [2.45, 2.75) is 19.1 Å². The minimum atomic E-state index is -4.57.